The average Bonchev–Trinajstić information content (AvgIpc) is 1.85. The number of nitrogens with zero attached hydrogens (tertiary/aromatic N) is 1. The molecular weight excluding hydrogens is 169 g/mol. The van der Waals surface area contributed by atoms with E-state index < -0.39 is 0 Å². The molecule has 0 fully saturated rings. The predicted molar refractivity (Wildman–Crippen MR) is 49.0 cm³/mol. The first-order chi connectivity index (χ1) is 4.57. The van der Waals surface area contributed by atoms with Crippen LogP contribution in [0.4, 0.5) is 0 Å². The van der Waals surface area contributed by atoms with Gasteiger partial charge >= 0.3 is 10.3 Å². The number of hydrogen-bond acceptors (Lipinski definition) is 0. The molecule has 1 nitrogen and oxygen atoms in total. The molecule has 0 N–H and O–H groups in total. The van der Waals surface area contributed by atoms with Crippen LogP contribution >= 0.6 is 23.2 Å². The van der Waals surface area contributed by atoms with Gasteiger partial charge in [0.25, 0.3) is 0 Å². The van der Waals surface area contributed by atoms with Crippen LogP contribution in [-0.2, 0) is 0 Å². The second-order valence-electron chi connectivity index (χ2n) is 1.86. The number of hydrogen-bond donors (Lipinski definition) is 0. The summed E-state index contributed by atoms with van der Waals surface area (Å²) in [6.07, 6.45) is 0.798. The topological polar surface area (TPSA) is 14.1 Å². The lowest BCUT2D eigenvalue weighted by Gasteiger charge is -1.82. The van der Waals surface area contributed by atoms with Gasteiger partial charge in [-0.3, -0.25) is 0 Å². The smallest absolute Gasteiger partial charge is 0.0869 e. The Balaban J connectivity index is 4.51. The zero-order valence-electron chi connectivity index (χ0n) is 6.12. The molecule has 0 aliphatic carbocycles. The molecule has 3 heteroatoms. The second kappa shape index (κ2) is 4.56. The van der Waals surface area contributed by atoms with E-state index in [1.165, 1.54) is 0 Å². The lowest BCUT2D eigenvalue weighted by atomic mass is 10.3. The maximum absolute atomic E-state index is 5.67. The molecule has 0 heterocycles. The van der Waals surface area contributed by atoms with Crippen molar-refractivity contribution < 1.29 is 0 Å². The molecule has 0 amide bonds. The molecule has 0 aliphatic rings. The van der Waals surface area contributed by atoms with Gasteiger partial charge in [0.1, 0.15) is 0 Å². The Hall–Kier alpha value is -0.230. The summed E-state index contributed by atoms with van der Waals surface area (Å²) >= 11 is 11.1. The molecule has 0 saturated carbocycles. The van der Waals surface area contributed by atoms with Crippen LogP contribution in [0.15, 0.2) is 12.2 Å². The molecule has 0 bridgehead atoms. The van der Waals surface area contributed by atoms with E-state index in [4.69, 9.17) is 23.2 Å². The highest BCUT2D eigenvalue weighted by atomic mass is 35.5. The summed E-state index contributed by atoms with van der Waals surface area (Å²) in [5.41, 5.74) is 0.807. The van der Waals surface area contributed by atoms with Gasteiger partial charge in [-0.25, -0.2) is 0 Å². The quantitative estimate of drug-likeness (QED) is 0.456. The highest BCUT2D eigenvalue weighted by Crippen LogP contribution is 2.00. The zero-order chi connectivity index (χ0) is 8.15. The lowest BCUT2D eigenvalue weighted by Crippen LogP contribution is -1.98. The van der Waals surface area contributed by atoms with Crippen LogP contribution in [-0.4, -0.2) is 10.3 Å². The van der Waals surface area contributed by atoms with E-state index in [0.717, 1.165) is 12.0 Å². The standard InChI is InChI=1S/C7H10Cl2N/c1-4-5(2)7(9)10-6(3)8/h2,4H2,1,3H3/q+1. The van der Waals surface area contributed by atoms with Gasteiger partial charge in [-0.2, -0.15) is 0 Å². The van der Waals surface area contributed by atoms with Crippen LogP contribution in [0.25, 0.3) is 0 Å². The SMILES string of the molecule is C=C(CC)C(Cl)=[N+]=C(C)Cl. The molecule has 0 saturated heterocycles. The minimum atomic E-state index is 0.398. The first-order valence-corrected chi connectivity index (χ1v) is 3.75. The summed E-state index contributed by atoms with van der Waals surface area (Å²) in [5, 5.41) is 0.828. The van der Waals surface area contributed by atoms with Crippen molar-refractivity contribution in [1.29, 1.82) is 0 Å². The summed E-state index contributed by atoms with van der Waals surface area (Å²) in [6, 6.07) is 0. The van der Waals surface area contributed by atoms with E-state index in [0.29, 0.717) is 10.3 Å². The third kappa shape index (κ3) is 3.73. The van der Waals surface area contributed by atoms with Gasteiger partial charge < -0.3 is 0 Å². The molecule has 0 unspecified atom stereocenters. The van der Waals surface area contributed by atoms with Crippen molar-refractivity contribution in [1.82, 2.24) is 4.67 Å². The molecule has 0 atom stereocenters. The van der Waals surface area contributed by atoms with Gasteiger partial charge in [-0.15, -0.1) is 0 Å². The molecule has 0 aromatic heterocycles. The van der Waals surface area contributed by atoms with Crippen LogP contribution in [0.3, 0.4) is 0 Å². The van der Waals surface area contributed by atoms with Gasteiger partial charge in [0, 0.05) is 28.8 Å². The van der Waals surface area contributed by atoms with Gasteiger partial charge in [0.2, 0.25) is 0 Å². The van der Waals surface area contributed by atoms with E-state index in [2.05, 4.69) is 11.2 Å². The monoisotopic (exact) mass is 178 g/mol. The van der Waals surface area contributed by atoms with Crippen LogP contribution in [0.5, 0.6) is 0 Å². The van der Waals surface area contributed by atoms with Crippen molar-refractivity contribution in [3.63, 3.8) is 0 Å². The van der Waals surface area contributed by atoms with Crippen molar-refractivity contribution in [2.75, 3.05) is 0 Å². The predicted octanol–water partition coefficient (Wildman–Crippen LogP) is 2.31. The Morgan fingerprint density at radius 3 is 2.30 bits per heavy atom. The fourth-order valence-electron chi connectivity index (χ4n) is 0.360. The Kier molecular flexibility index (Phi) is 4.46. The summed E-state index contributed by atoms with van der Waals surface area (Å²) < 4.78 is 3.81. The fraction of sp³-hybridized carbons (Fsp3) is 0.429. The Bertz CT molecular complexity index is 196. The Labute approximate surface area is 71.1 Å². The van der Waals surface area contributed by atoms with Gasteiger partial charge in [0.15, 0.2) is 0 Å². The molecule has 0 aliphatic heterocycles. The highest BCUT2D eigenvalue weighted by molar-refractivity contribution is 6.71. The van der Waals surface area contributed by atoms with Crippen molar-refractivity contribution in [2.24, 2.45) is 0 Å². The highest BCUT2D eigenvalue weighted by Gasteiger charge is 2.08. The van der Waals surface area contributed by atoms with Gasteiger partial charge in [-0.1, -0.05) is 18.2 Å². The molecule has 0 aromatic carbocycles. The molecular formula is C7H10Cl2N+. The first kappa shape index (κ1) is 9.77. The maximum Gasteiger partial charge on any atom is 0.399 e. The summed E-state index contributed by atoms with van der Waals surface area (Å²) in [7, 11) is 0. The van der Waals surface area contributed by atoms with E-state index in [1.807, 2.05) is 6.92 Å². The van der Waals surface area contributed by atoms with Crippen LogP contribution in [0.2, 0.25) is 0 Å². The average molecular weight is 179 g/mol. The normalized spacial score (nSPS) is 8.40. The van der Waals surface area contributed by atoms with Gasteiger partial charge in [-0.05, 0) is 6.42 Å². The van der Waals surface area contributed by atoms with E-state index in [9.17, 15) is 0 Å². The number of allylic oxidation sites excluding steroid dienone is 1. The Morgan fingerprint density at radius 1 is 1.50 bits per heavy atom. The van der Waals surface area contributed by atoms with E-state index in [-0.39, 0.29) is 0 Å². The minimum absolute atomic E-state index is 0.398. The molecule has 0 aromatic rings. The first-order valence-electron chi connectivity index (χ1n) is 2.99. The van der Waals surface area contributed by atoms with Crippen molar-refractivity contribution >= 4 is 33.5 Å². The van der Waals surface area contributed by atoms with E-state index in [1.54, 1.807) is 6.92 Å². The summed E-state index contributed by atoms with van der Waals surface area (Å²) in [4.78, 5) is 0. The molecule has 0 rings (SSSR count). The number of rotatable bonds is 2. The fourth-order valence-corrected chi connectivity index (χ4v) is 0.748. The summed E-state index contributed by atoms with van der Waals surface area (Å²) in [5.74, 6) is 0. The lowest BCUT2D eigenvalue weighted by molar-refractivity contribution is 1.18. The number of halogens is 2. The second-order valence-corrected chi connectivity index (χ2v) is 2.76. The molecule has 0 spiro atoms. The largest absolute Gasteiger partial charge is 0.399 e. The van der Waals surface area contributed by atoms with Crippen molar-refractivity contribution in [3.8, 4) is 0 Å². The summed E-state index contributed by atoms with van der Waals surface area (Å²) in [6.45, 7) is 7.33. The van der Waals surface area contributed by atoms with Crippen LogP contribution in [0.1, 0.15) is 20.3 Å². The third-order valence-electron chi connectivity index (χ3n) is 0.971. The van der Waals surface area contributed by atoms with Crippen LogP contribution < -0.4 is 4.67 Å². The van der Waals surface area contributed by atoms with E-state index >= 15 is 0 Å². The van der Waals surface area contributed by atoms with Crippen molar-refractivity contribution in [2.45, 2.75) is 20.3 Å². The van der Waals surface area contributed by atoms with Crippen molar-refractivity contribution in [3.05, 3.63) is 12.2 Å². The zero-order valence-corrected chi connectivity index (χ0v) is 7.63. The molecule has 10 heavy (non-hydrogen) atoms. The minimum Gasteiger partial charge on any atom is -0.0869 e. The third-order valence-corrected chi connectivity index (χ3v) is 1.41. The van der Waals surface area contributed by atoms with Gasteiger partial charge in [0.05, 0.1) is 6.92 Å². The molecule has 56 valence electrons. The van der Waals surface area contributed by atoms with Crippen LogP contribution in [0, 0.1) is 0 Å². The Morgan fingerprint density at radius 2 is 2.00 bits per heavy atom. The molecule has 0 radical (unpaired) electrons. The maximum atomic E-state index is 5.67.